The number of H-pyrrole nitrogens is 1. The molecule has 2 saturated heterocycles. The van der Waals surface area contributed by atoms with Crippen molar-refractivity contribution in [3.8, 4) is 11.5 Å². The number of halogens is 1. The van der Waals surface area contributed by atoms with Crippen LogP contribution in [0.4, 0.5) is 0 Å². The van der Waals surface area contributed by atoms with Crippen molar-refractivity contribution >= 4 is 18.3 Å². The first kappa shape index (κ1) is 17.0. The van der Waals surface area contributed by atoms with E-state index in [2.05, 4.69) is 20.4 Å². The number of nitrogens with one attached hydrogen (secondary N) is 2. The zero-order valence-corrected chi connectivity index (χ0v) is 14.2. The summed E-state index contributed by atoms with van der Waals surface area (Å²) in [6, 6.07) is 5.90. The van der Waals surface area contributed by atoms with Crippen molar-refractivity contribution in [2.24, 2.45) is 0 Å². The van der Waals surface area contributed by atoms with E-state index >= 15 is 0 Å². The summed E-state index contributed by atoms with van der Waals surface area (Å²) in [5.74, 6) is 0.688. The van der Waals surface area contributed by atoms with Gasteiger partial charge in [-0.3, -0.25) is 14.8 Å². The van der Waals surface area contributed by atoms with Gasteiger partial charge in [0.2, 0.25) is 0 Å². The maximum atomic E-state index is 12.6. The van der Waals surface area contributed by atoms with Crippen molar-refractivity contribution in [1.82, 2.24) is 25.3 Å². The molecule has 1 atom stereocenters. The number of aromatic amines is 1. The van der Waals surface area contributed by atoms with Crippen LogP contribution in [0.3, 0.4) is 0 Å². The van der Waals surface area contributed by atoms with Crippen LogP contribution in [0, 0.1) is 0 Å². The van der Waals surface area contributed by atoms with E-state index in [0.29, 0.717) is 17.5 Å². The second-order valence-electron chi connectivity index (χ2n) is 6.12. The second kappa shape index (κ2) is 7.38. The van der Waals surface area contributed by atoms with Gasteiger partial charge >= 0.3 is 0 Å². The molecule has 0 aliphatic carbocycles. The lowest BCUT2D eigenvalue weighted by atomic mass is 10.2. The van der Waals surface area contributed by atoms with Gasteiger partial charge in [-0.15, -0.1) is 12.4 Å². The molecule has 0 spiro atoms. The van der Waals surface area contributed by atoms with Gasteiger partial charge in [-0.05, 0) is 18.6 Å². The van der Waals surface area contributed by atoms with E-state index in [0.717, 1.165) is 51.4 Å². The van der Waals surface area contributed by atoms with Gasteiger partial charge < -0.3 is 14.6 Å². The average Bonchev–Trinajstić information content (AvgIpc) is 3.35. The molecule has 2 aliphatic heterocycles. The van der Waals surface area contributed by atoms with Gasteiger partial charge in [-0.25, -0.2) is 0 Å². The Balaban J connectivity index is 0.00000169. The Hall–Kier alpha value is -1.83. The normalized spacial score (nSPS) is 21.7. The molecule has 2 fully saturated rings. The summed E-state index contributed by atoms with van der Waals surface area (Å²) in [5.41, 5.74) is 1.19. The summed E-state index contributed by atoms with van der Waals surface area (Å²) in [6.45, 7) is 5.81. The zero-order chi connectivity index (χ0) is 15.6. The number of aromatic nitrogens is 2. The van der Waals surface area contributed by atoms with Crippen LogP contribution in [-0.2, 0) is 0 Å². The molecule has 0 radical (unpaired) electrons. The Morgan fingerprint density at radius 3 is 2.88 bits per heavy atom. The van der Waals surface area contributed by atoms with Crippen LogP contribution in [0.15, 0.2) is 28.9 Å². The van der Waals surface area contributed by atoms with E-state index in [-0.39, 0.29) is 18.3 Å². The molecule has 2 N–H and O–H groups in total. The highest BCUT2D eigenvalue weighted by molar-refractivity contribution is 5.93. The molecule has 2 aromatic heterocycles. The number of carbonyl (C=O) groups excluding carboxylic acids is 1. The number of carbonyl (C=O) groups is 1. The van der Waals surface area contributed by atoms with E-state index in [1.807, 2.05) is 17.0 Å². The molecule has 130 valence electrons. The molecular formula is C16H22ClN5O2. The fraction of sp³-hybridized carbons (Fsp3) is 0.500. The first-order valence-electron chi connectivity index (χ1n) is 8.14. The molecule has 0 aromatic carbocycles. The summed E-state index contributed by atoms with van der Waals surface area (Å²) >= 11 is 0. The fourth-order valence-corrected chi connectivity index (χ4v) is 3.42. The Morgan fingerprint density at radius 1 is 1.29 bits per heavy atom. The minimum Gasteiger partial charge on any atom is -0.463 e. The minimum absolute atomic E-state index is 0. The number of piperazine rings is 1. The SMILES string of the molecule is Cl.O=C(c1cc(-c2ccco2)[nH]n1)N1CCC(N2CCNCC2)C1. The summed E-state index contributed by atoms with van der Waals surface area (Å²) in [4.78, 5) is 17.0. The Bertz CT molecular complexity index is 666. The van der Waals surface area contributed by atoms with Gasteiger partial charge in [0, 0.05) is 51.4 Å². The molecule has 8 heteroatoms. The Kier molecular flexibility index (Phi) is 5.23. The van der Waals surface area contributed by atoms with Gasteiger partial charge in [0.15, 0.2) is 11.5 Å². The number of amides is 1. The van der Waals surface area contributed by atoms with Crippen molar-refractivity contribution < 1.29 is 9.21 Å². The van der Waals surface area contributed by atoms with E-state index in [1.165, 1.54) is 0 Å². The van der Waals surface area contributed by atoms with Crippen molar-refractivity contribution in [2.45, 2.75) is 12.5 Å². The van der Waals surface area contributed by atoms with E-state index < -0.39 is 0 Å². The first-order valence-corrected chi connectivity index (χ1v) is 8.14. The maximum Gasteiger partial charge on any atom is 0.274 e. The quantitative estimate of drug-likeness (QED) is 0.869. The molecule has 4 heterocycles. The lowest BCUT2D eigenvalue weighted by Crippen LogP contribution is -2.49. The second-order valence-corrected chi connectivity index (χ2v) is 6.12. The van der Waals surface area contributed by atoms with Crippen LogP contribution in [0.2, 0.25) is 0 Å². The lowest BCUT2D eigenvalue weighted by molar-refractivity contribution is 0.0767. The number of likely N-dealkylation sites (tertiary alicyclic amines) is 1. The van der Waals surface area contributed by atoms with Gasteiger partial charge in [0.1, 0.15) is 5.69 Å². The fourth-order valence-electron chi connectivity index (χ4n) is 3.42. The number of nitrogens with zero attached hydrogens (tertiary/aromatic N) is 3. The standard InChI is InChI=1S/C16H21N5O2.ClH/c22-16(14-10-13(18-19-14)15-2-1-9-23-15)21-6-3-12(11-21)20-7-4-17-5-8-20;/h1-2,9-10,12,17H,3-8,11H2,(H,18,19);1H. The zero-order valence-electron chi connectivity index (χ0n) is 13.4. The Labute approximate surface area is 146 Å². The summed E-state index contributed by atoms with van der Waals surface area (Å²) in [6.07, 6.45) is 2.65. The van der Waals surface area contributed by atoms with E-state index in [1.54, 1.807) is 12.3 Å². The number of hydrogen-bond acceptors (Lipinski definition) is 5. The van der Waals surface area contributed by atoms with E-state index in [9.17, 15) is 4.79 Å². The van der Waals surface area contributed by atoms with Crippen molar-refractivity contribution in [3.05, 3.63) is 30.2 Å². The molecular weight excluding hydrogens is 330 g/mol. The molecule has 7 nitrogen and oxygen atoms in total. The smallest absolute Gasteiger partial charge is 0.274 e. The highest BCUT2D eigenvalue weighted by Crippen LogP contribution is 2.21. The molecule has 0 bridgehead atoms. The number of furan rings is 1. The number of hydrogen-bond donors (Lipinski definition) is 2. The topological polar surface area (TPSA) is 77.4 Å². The predicted octanol–water partition coefficient (Wildman–Crippen LogP) is 1.21. The third-order valence-electron chi connectivity index (χ3n) is 4.70. The highest BCUT2D eigenvalue weighted by atomic mass is 35.5. The Morgan fingerprint density at radius 2 is 2.12 bits per heavy atom. The van der Waals surface area contributed by atoms with Crippen LogP contribution < -0.4 is 5.32 Å². The largest absolute Gasteiger partial charge is 0.463 e. The maximum absolute atomic E-state index is 12.6. The molecule has 24 heavy (non-hydrogen) atoms. The molecule has 1 amide bonds. The molecule has 4 rings (SSSR count). The van der Waals surface area contributed by atoms with Crippen molar-refractivity contribution in [3.63, 3.8) is 0 Å². The third kappa shape index (κ3) is 3.33. The van der Waals surface area contributed by atoms with Gasteiger partial charge in [0.25, 0.3) is 5.91 Å². The average molecular weight is 352 g/mol. The minimum atomic E-state index is -0.00306. The third-order valence-corrected chi connectivity index (χ3v) is 4.70. The van der Waals surface area contributed by atoms with Gasteiger partial charge in [-0.1, -0.05) is 0 Å². The monoisotopic (exact) mass is 351 g/mol. The molecule has 1 unspecified atom stereocenters. The summed E-state index contributed by atoms with van der Waals surface area (Å²) in [5, 5.41) is 10.4. The molecule has 2 aromatic rings. The summed E-state index contributed by atoms with van der Waals surface area (Å²) < 4.78 is 5.33. The molecule has 0 saturated carbocycles. The van der Waals surface area contributed by atoms with Gasteiger partial charge in [-0.2, -0.15) is 5.10 Å². The van der Waals surface area contributed by atoms with Crippen LogP contribution in [0.1, 0.15) is 16.9 Å². The molecule has 2 aliphatic rings. The summed E-state index contributed by atoms with van der Waals surface area (Å²) in [7, 11) is 0. The lowest BCUT2D eigenvalue weighted by Gasteiger charge is -2.32. The van der Waals surface area contributed by atoms with Crippen LogP contribution in [0.5, 0.6) is 0 Å². The van der Waals surface area contributed by atoms with Crippen LogP contribution in [-0.4, -0.2) is 71.2 Å². The highest BCUT2D eigenvalue weighted by Gasteiger charge is 2.32. The first-order chi connectivity index (χ1) is 11.3. The predicted molar refractivity (Wildman–Crippen MR) is 92.3 cm³/mol. The van der Waals surface area contributed by atoms with Crippen molar-refractivity contribution in [2.75, 3.05) is 39.3 Å². The van der Waals surface area contributed by atoms with Gasteiger partial charge in [0.05, 0.1) is 6.26 Å². The van der Waals surface area contributed by atoms with Crippen LogP contribution in [0.25, 0.3) is 11.5 Å². The van der Waals surface area contributed by atoms with E-state index in [4.69, 9.17) is 4.42 Å². The van der Waals surface area contributed by atoms with Crippen molar-refractivity contribution in [1.29, 1.82) is 0 Å². The van der Waals surface area contributed by atoms with Crippen LogP contribution >= 0.6 is 12.4 Å². The number of rotatable bonds is 3.